The van der Waals surface area contributed by atoms with Gasteiger partial charge in [0.15, 0.2) is 5.60 Å². The summed E-state index contributed by atoms with van der Waals surface area (Å²) in [5.41, 5.74) is -5.45. The largest absolute Gasteiger partial charge is 1.00 e. The van der Waals surface area contributed by atoms with E-state index in [-0.39, 0.29) is 116 Å². The Morgan fingerprint density at radius 2 is 1.03 bits per heavy atom. The fourth-order valence-corrected chi connectivity index (χ4v) is 1.28. The van der Waals surface area contributed by atoms with Crippen molar-refractivity contribution < 1.29 is 159 Å². The second kappa shape index (κ2) is 27.1. The number of aliphatic hydroxyl groups is 2. The van der Waals surface area contributed by atoms with Crippen LogP contribution in [0.5, 0.6) is 0 Å². The number of carboxylic acids is 5. The molecule has 0 aromatic rings. The van der Waals surface area contributed by atoms with Gasteiger partial charge in [-0.2, -0.15) is 0 Å². The average molecular weight is 499 g/mol. The zero-order chi connectivity index (χ0) is 20.4. The van der Waals surface area contributed by atoms with Gasteiger partial charge in [-0.05, 0) is 0 Å². The molecule has 0 fully saturated rings. The predicted molar refractivity (Wildman–Crippen MR) is 89.1 cm³/mol. The van der Waals surface area contributed by atoms with E-state index in [1.54, 1.807) is 0 Å². The zero-order valence-electron chi connectivity index (χ0n) is 15.8. The molecule has 32 heavy (non-hydrogen) atoms. The Balaban J connectivity index is -0.0000000388. The van der Waals surface area contributed by atoms with Crippen LogP contribution in [-0.4, -0.2) is 78.3 Å². The third-order valence-corrected chi connectivity index (χ3v) is 2.47. The van der Waals surface area contributed by atoms with Gasteiger partial charge in [-0.1, -0.05) is 22.3 Å². The Labute approximate surface area is 251 Å². The topological polar surface area (TPSA) is 280 Å². The Morgan fingerprint density at radius 1 is 0.719 bits per heavy atom. The maximum absolute atomic E-state index is 10.3. The Morgan fingerprint density at radius 3 is 1.19 bits per heavy atom. The van der Waals surface area contributed by atoms with Crippen molar-refractivity contribution >= 4 is 36.1 Å². The summed E-state index contributed by atoms with van der Waals surface area (Å²) in [6.45, 7) is 0. The molecule has 0 saturated carbocycles. The van der Waals surface area contributed by atoms with E-state index in [2.05, 4.69) is 0 Å². The van der Waals surface area contributed by atoms with Crippen LogP contribution in [0.2, 0.25) is 0 Å². The number of aliphatic carboxylic acids is 5. The van der Waals surface area contributed by atoms with Gasteiger partial charge >= 0.3 is 107 Å². The van der Waals surface area contributed by atoms with Gasteiger partial charge in [-0.25, -0.2) is 4.79 Å². The molecule has 0 aliphatic rings. The van der Waals surface area contributed by atoms with Gasteiger partial charge in [0.2, 0.25) is 0 Å². The van der Waals surface area contributed by atoms with Crippen molar-refractivity contribution in [3.63, 3.8) is 0 Å². The molecule has 0 amide bonds. The van der Waals surface area contributed by atoms with E-state index >= 15 is 0 Å². The number of carboxylic acid groups (broad SMARTS) is 5. The molecule has 14 nitrogen and oxygen atoms in total. The summed E-state index contributed by atoms with van der Waals surface area (Å²) >= 11 is 0. The first-order valence-electron chi connectivity index (χ1n) is 6.08. The fraction of sp³-hybridized carbons (Fsp3) is 0.600. The molecular formula is C15H26Na3O14-. The Hall–Kier alpha value is -0.100. The third-order valence-electron chi connectivity index (χ3n) is 2.47. The molecular weight excluding hydrogens is 473 g/mol. The molecule has 6 N–H and O–H groups in total. The number of rotatable bonds is 10. The zero-order valence-corrected chi connectivity index (χ0v) is 21.8. The second-order valence-electron chi connectivity index (χ2n) is 4.67. The van der Waals surface area contributed by atoms with Crippen LogP contribution in [0.3, 0.4) is 0 Å². The Bertz CT molecular complexity index is 554. The minimum atomic E-state index is -2.74. The quantitative estimate of drug-likeness (QED) is 0.138. The molecule has 0 heterocycles. The molecule has 0 aromatic heterocycles. The molecule has 174 valence electrons. The second-order valence-corrected chi connectivity index (χ2v) is 4.67. The van der Waals surface area contributed by atoms with E-state index < -0.39 is 66.7 Å². The van der Waals surface area contributed by atoms with E-state index in [1.165, 1.54) is 0 Å². The maximum atomic E-state index is 10.3. The molecule has 0 aromatic carbocycles. The van der Waals surface area contributed by atoms with E-state index in [0.29, 0.717) is 0 Å². The molecule has 0 radical (unpaired) electrons. The maximum Gasteiger partial charge on any atom is 1.00 e. The van der Waals surface area contributed by atoms with Gasteiger partial charge in [0.05, 0.1) is 24.4 Å². The summed E-state index contributed by atoms with van der Waals surface area (Å²) in [5, 5.41) is 62.7. The van der Waals surface area contributed by atoms with Crippen molar-refractivity contribution in [1.29, 1.82) is 0 Å². The van der Waals surface area contributed by atoms with Crippen molar-refractivity contribution in [1.82, 2.24) is 0 Å². The monoisotopic (exact) mass is 499 g/mol. The summed E-state index contributed by atoms with van der Waals surface area (Å²) in [6.07, 6.45) is -3.35. The molecule has 0 aliphatic carbocycles. The summed E-state index contributed by atoms with van der Waals surface area (Å²) < 4.78 is 0. The molecule has 0 spiro atoms. The van der Waals surface area contributed by atoms with Crippen LogP contribution in [0.4, 0.5) is 0 Å². The summed E-state index contributed by atoms with van der Waals surface area (Å²) in [7, 11) is 0. The van der Waals surface area contributed by atoms with Crippen LogP contribution in [0.25, 0.3) is 0 Å². The van der Waals surface area contributed by atoms with Gasteiger partial charge in [-0.15, -0.1) is 6.42 Å². The van der Waals surface area contributed by atoms with Crippen molar-refractivity contribution in [3.05, 3.63) is 0 Å². The van der Waals surface area contributed by atoms with Gasteiger partial charge < -0.3 is 55.6 Å². The van der Waals surface area contributed by atoms with Gasteiger partial charge in [0.25, 0.3) is 0 Å². The first kappa shape index (κ1) is 58.1. The van der Waals surface area contributed by atoms with Crippen LogP contribution in [0, 0.1) is 0 Å². The van der Waals surface area contributed by atoms with Crippen LogP contribution >= 0.6 is 0 Å². The van der Waals surface area contributed by atoms with Gasteiger partial charge in [-0.3, -0.25) is 15.9 Å². The molecule has 0 rings (SSSR count). The normalized spacial score (nSPS) is 9.94. The van der Waals surface area contributed by atoms with Crippen LogP contribution in [0.15, 0.2) is 0 Å². The summed E-state index contributed by atoms with van der Waals surface area (Å²) in [6, 6.07) is 0. The van der Waals surface area contributed by atoms with Crippen molar-refractivity contribution in [2.45, 2.75) is 59.2 Å². The molecule has 1 atom stereocenters. The standard InChI is InChI=1S/C6H8O7.C6H7O6.3CH4.3Na.H2O/c7-3(8)1-6(13,5(11)12)2-4(9)10;7-2-1-6(12,5(10)11)3-4(8)9;;;;;;;/h13H,1-2H2,(H,7,8)(H,9,10)(H,11,12);12H,1,3H2,(H,8,9)(H,10,11);3*1H4;;;;1H2/q;-1;;;;3*+1;/p-3. The minimum Gasteiger partial charge on any atom is -0.870 e. The van der Waals surface area contributed by atoms with E-state index in [0.717, 1.165) is 6.29 Å². The summed E-state index contributed by atoms with van der Waals surface area (Å²) in [5.74, 6) is -8.83. The predicted octanol–water partition coefficient (Wildman–Crippen LogP) is -12.4. The fourth-order valence-electron chi connectivity index (χ4n) is 1.28. The van der Waals surface area contributed by atoms with E-state index in [9.17, 15) is 39.0 Å². The van der Waals surface area contributed by atoms with Crippen molar-refractivity contribution in [2.24, 2.45) is 0 Å². The summed E-state index contributed by atoms with van der Waals surface area (Å²) in [4.78, 5) is 60.2. The number of carbonyl (C=O) groups is 5. The minimum absolute atomic E-state index is 0. The number of hydrogen-bond donors (Lipinski definition) is 5. The Kier molecular flexibility index (Phi) is 49.3. The van der Waals surface area contributed by atoms with Crippen molar-refractivity contribution in [2.75, 3.05) is 0 Å². The van der Waals surface area contributed by atoms with Crippen LogP contribution < -0.4 is 98.9 Å². The number of hydrogen-bond acceptors (Lipinski definition) is 11. The average Bonchev–Trinajstić information content (AvgIpc) is 2.36. The molecule has 0 saturated heterocycles. The molecule has 0 bridgehead atoms. The third kappa shape index (κ3) is 26.2. The SMILES string of the molecule is C.C.C.O=C(O)CC(O)(CC(=O)O)C(=O)O.O=[C-]CC(O)(CC(=O)[O-])C(=O)[O-].[Na+].[Na+].[Na+].[OH-]. The molecule has 17 heteroatoms. The molecule has 0 aliphatic heterocycles. The number of carbonyl (C=O) groups excluding carboxylic acids is 3. The van der Waals surface area contributed by atoms with Crippen LogP contribution in [-0.2, 0) is 28.8 Å². The molecule has 1 unspecified atom stereocenters. The van der Waals surface area contributed by atoms with Crippen molar-refractivity contribution in [3.8, 4) is 0 Å². The van der Waals surface area contributed by atoms with Gasteiger partial charge in [0.1, 0.15) is 0 Å². The van der Waals surface area contributed by atoms with E-state index in [4.69, 9.17) is 25.5 Å². The smallest absolute Gasteiger partial charge is 0.870 e. The van der Waals surface area contributed by atoms with Crippen LogP contribution in [0.1, 0.15) is 48.0 Å². The van der Waals surface area contributed by atoms with E-state index in [1.807, 2.05) is 0 Å². The van der Waals surface area contributed by atoms with Gasteiger partial charge in [0, 0.05) is 12.4 Å². The first-order chi connectivity index (χ1) is 11.2. The first-order valence-corrected chi connectivity index (χ1v) is 6.08.